The van der Waals surface area contributed by atoms with Gasteiger partial charge in [-0.1, -0.05) is 18.7 Å². The summed E-state index contributed by atoms with van der Waals surface area (Å²) in [5.41, 5.74) is 0. The number of aryl methyl sites for hydroxylation is 1. The van der Waals surface area contributed by atoms with Gasteiger partial charge in [0.15, 0.2) is 5.16 Å². The molecule has 0 aliphatic carbocycles. The van der Waals surface area contributed by atoms with Gasteiger partial charge in [-0.05, 0) is 13.3 Å². The number of aromatic nitrogens is 3. The summed E-state index contributed by atoms with van der Waals surface area (Å²) in [7, 11) is 0. The normalized spacial score (nSPS) is 10.4. The summed E-state index contributed by atoms with van der Waals surface area (Å²) in [5, 5.41) is 19.8. The first-order valence-corrected chi connectivity index (χ1v) is 7.10. The van der Waals surface area contributed by atoms with Gasteiger partial charge in [0.2, 0.25) is 5.91 Å². The molecule has 19 heavy (non-hydrogen) atoms. The molecule has 0 aromatic carbocycles. The molecule has 0 saturated carbocycles. The van der Waals surface area contributed by atoms with Crippen molar-refractivity contribution in [2.75, 3.05) is 12.3 Å². The third kappa shape index (κ3) is 4.90. The van der Waals surface area contributed by atoms with Crippen LogP contribution in [-0.2, 0) is 22.6 Å². The highest BCUT2D eigenvalue weighted by molar-refractivity contribution is 7.99. The predicted octanol–water partition coefficient (Wildman–Crippen LogP) is 0.543. The Morgan fingerprint density at radius 2 is 2.11 bits per heavy atom. The average molecular weight is 286 g/mol. The van der Waals surface area contributed by atoms with Gasteiger partial charge in [0, 0.05) is 13.0 Å². The zero-order valence-electron chi connectivity index (χ0n) is 11.0. The Morgan fingerprint density at radius 3 is 2.68 bits per heavy atom. The molecule has 1 aromatic rings. The molecule has 106 valence electrons. The van der Waals surface area contributed by atoms with Crippen molar-refractivity contribution < 1.29 is 14.7 Å². The number of amides is 1. The lowest BCUT2D eigenvalue weighted by Crippen LogP contribution is -2.28. The summed E-state index contributed by atoms with van der Waals surface area (Å²) < 4.78 is 1.68. The fraction of sp³-hybridized carbons (Fsp3) is 0.636. The number of carboxylic acids is 1. The molecule has 1 heterocycles. The van der Waals surface area contributed by atoms with Crippen molar-refractivity contribution >= 4 is 23.6 Å². The van der Waals surface area contributed by atoms with Crippen molar-refractivity contribution in [3.63, 3.8) is 0 Å². The molecule has 0 radical (unpaired) electrons. The number of nitrogens with one attached hydrogen (secondary N) is 1. The van der Waals surface area contributed by atoms with Crippen LogP contribution in [0.25, 0.3) is 0 Å². The molecule has 2 N–H and O–H groups in total. The van der Waals surface area contributed by atoms with Gasteiger partial charge in [-0.25, -0.2) is 0 Å². The van der Waals surface area contributed by atoms with E-state index in [1.807, 2.05) is 13.8 Å². The van der Waals surface area contributed by atoms with Crippen LogP contribution in [0.3, 0.4) is 0 Å². The van der Waals surface area contributed by atoms with Crippen molar-refractivity contribution in [3.05, 3.63) is 5.82 Å². The molecule has 1 amide bonds. The minimum absolute atomic E-state index is 0.0976. The standard InChI is InChI=1S/C11H18N4O3S/c1-3-5-8-13-14-11(19-7-10(17)18)15(8)6-9(16)12-4-2/h3-7H2,1-2H3,(H,12,16)(H,17,18). The Balaban J connectivity index is 2.84. The van der Waals surface area contributed by atoms with Crippen LogP contribution in [0.15, 0.2) is 5.16 Å². The van der Waals surface area contributed by atoms with Gasteiger partial charge in [0.1, 0.15) is 12.4 Å². The second-order valence-electron chi connectivity index (χ2n) is 3.87. The summed E-state index contributed by atoms with van der Waals surface area (Å²) >= 11 is 1.07. The van der Waals surface area contributed by atoms with E-state index in [1.165, 1.54) is 0 Å². The fourth-order valence-electron chi connectivity index (χ4n) is 1.52. The van der Waals surface area contributed by atoms with Gasteiger partial charge < -0.3 is 10.4 Å². The molecule has 8 heteroatoms. The van der Waals surface area contributed by atoms with Crippen LogP contribution in [-0.4, -0.2) is 44.0 Å². The molecular weight excluding hydrogens is 268 g/mol. The summed E-state index contributed by atoms with van der Waals surface area (Å²) in [6, 6.07) is 0. The maximum absolute atomic E-state index is 11.6. The van der Waals surface area contributed by atoms with Gasteiger partial charge in [-0.2, -0.15) is 0 Å². The summed E-state index contributed by atoms with van der Waals surface area (Å²) in [6.45, 7) is 4.53. The maximum atomic E-state index is 11.6. The van der Waals surface area contributed by atoms with E-state index in [4.69, 9.17) is 5.11 Å². The van der Waals surface area contributed by atoms with E-state index in [0.29, 0.717) is 23.9 Å². The van der Waals surface area contributed by atoms with Gasteiger partial charge in [-0.15, -0.1) is 10.2 Å². The molecule has 0 saturated heterocycles. The molecule has 0 unspecified atom stereocenters. The number of hydrogen-bond acceptors (Lipinski definition) is 5. The van der Waals surface area contributed by atoms with E-state index in [2.05, 4.69) is 15.5 Å². The monoisotopic (exact) mass is 286 g/mol. The highest BCUT2D eigenvalue weighted by Crippen LogP contribution is 2.17. The van der Waals surface area contributed by atoms with Crippen LogP contribution < -0.4 is 5.32 Å². The van der Waals surface area contributed by atoms with Crippen molar-refractivity contribution in [1.82, 2.24) is 20.1 Å². The van der Waals surface area contributed by atoms with Crippen LogP contribution >= 0.6 is 11.8 Å². The molecule has 0 bridgehead atoms. The molecule has 0 aliphatic heterocycles. The number of carbonyl (C=O) groups is 2. The number of hydrogen-bond donors (Lipinski definition) is 2. The van der Waals surface area contributed by atoms with E-state index in [9.17, 15) is 9.59 Å². The lowest BCUT2D eigenvalue weighted by atomic mass is 10.3. The van der Waals surface area contributed by atoms with E-state index >= 15 is 0 Å². The second-order valence-corrected chi connectivity index (χ2v) is 4.81. The Kier molecular flexibility index (Phi) is 6.34. The molecule has 7 nitrogen and oxygen atoms in total. The van der Waals surface area contributed by atoms with Crippen LogP contribution in [0.2, 0.25) is 0 Å². The van der Waals surface area contributed by atoms with Gasteiger partial charge in [0.05, 0.1) is 5.75 Å². The van der Waals surface area contributed by atoms with Crippen molar-refractivity contribution in [2.45, 2.75) is 38.4 Å². The van der Waals surface area contributed by atoms with Crippen molar-refractivity contribution in [1.29, 1.82) is 0 Å². The SMILES string of the molecule is CCCc1nnc(SCC(=O)O)n1CC(=O)NCC. The maximum Gasteiger partial charge on any atom is 0.313 e. The Hall–Kier alpha value is -1.57. The summed E-state index contributed by atoms with van der Waals surface area (Å²) in [5.74, 6) is -0.437. The highest BCUT2D eigenvalue weighted by atomic mass is 32.2. The smallest absolute Gasteiger partial charge is 0.313 e. The minimum Gasteiger partial charge on any atom is -0.481 e. The Morgan fingerprint density at radius 1 is 1.37 bits per heavy atom. The quantitative estimate of drug-likeness (QED) is 0.677. The van der Waals surface area contributed by atoms with Crippen LogP contribution in [0, 0.1) is 0 Å². The van der Waals surface area contributed by atoms with E-state index in [-0.39, 0.29) is 18.2 Å². The van der Waals surface area contributed by atoms with Gasteiger partial charge in [-0.3, -0.25) is 14.2 Å². The van der Waals surface area contributed by atoms with Crippen molar-refractivity contribution in [2.24, 2.45) is 0 Å². The topological polar surface area (TPSA) is 97.1 Å². The zero-order valence-corrected chi connectivity index (χ0v) is 11.9. The fourth-order valence-corrected chi connectivity index (χ4v) is 2.19. The summed E-state index contributed by atoms with van der Waals surface area (Å²) in [6.07, 6.45) is 1.59. The lowest BCUT2D eigenvalue weighted by molar-refractivity contribution is -0.133. The van der Waals surface area contributed by atoms with Crippen LogP contribution in [0.4, 0.5) is 0 Å². The molecule has 0 aliphatic rings. The minimum atomic E-state index is -0.922. The first-order chi connectivity index (χ1) is 9.08. The third-order valence-corrected chi connectivity index (χ3v) is 3.22. The number of carboxylic acid groups (broad SMARTS) is 1. The number of carbonyl (C=O) groups excluding carboxylic acids is 1. The number of thioether (sulfide) groups is 1. The predicted molar refractivity (Wildman–Crippen MR) is 71.1 cm³/mol. The third-order valence-electron chi connectivity index (χ3n) is 2.27. The van der Waals surface area contributed by atoms with Crippen LogP contribution in [0.1, 0.15) is 26.1 Å². The Bertz CT molecular complexity index is 447. The molecule has 0 fully saturated rings. The summed E-state index contributed by atoms with van der Waals surface area (Å²) in [4.78, 5) is 22.2. The van der Waals surface area contributed by atoms with E-state index in [0.717, 1.165) is 18.2 Å². The van der Waals surface area contributed by atoms with Gasteiger partial charge in [0.25, 0.3) is 0 Å². The van der Waals surface area contributed by atoms with Gasteiger partial charge >= 0.3 is 5.97 Å². The zero-order chi connectivity index (χ0) is 14.3. The first-order valence-electron chi connectivity index (χ1n) is 6.11. The molecule has 1 rings (SSSR count). The molecule has 0 spiro atoms. The average Bonchev–Trinajstić information content (AvgIpc) is 2.70. The molecule has 1 aromatic heterocycles. The number of rotatable bonds is 8. The van der Waals surface area contributed by atoms with Crippen molar-refractivity contribution in [3.8, 4) is 0 Å². The first kappa shape index (κ1) is 15.5. The van der Waals surface area contributed by atoms with E-state index < -0.39 is 5.97 Å². The van der Waals surface area contributed by atoms with Crippen LogP contribution in [0.5, 0.6) is 0 Å². The number of aliphatic carboxylic acids is 1. The largest absolute Gasteiger partial charge is 0.481 e. The lowest BCUT2D eigenvalue weighted by Gasteiger charge is -2.08. The van der Waals surface area contributed by atoms with E-state index in [1.54, 1.807) is 4.57 Å². The number of likely N-dealkylation sites (N-methyl/N-ethyl adjacent to an activating group) is 1. The second kappa shape index (κ2) is 7.78. The number of nitrogens with zero attached hydrogens (tertiary/aromatic N) is 3. The Labute approximate surface area is 115 Å². The molecule has 0 atom stereocenters. The highest BCUT2D eigenvalue weighted by Gasteiger charge is 2.15. The molecular formula is C11H18N4O3S.